The Morgan fingerprint density at radius 1 is 1.23 bits per heavy atom. The van der Waals surface area contributed by atoms with Crippen LogP contribution in [0.5, 0.6) is 5.75 Å². The number of halogens is 2. The van der Waals surface area contributed by atoms with Crippen LogP contribution in [0.3, 0.4) is 0 Å². The van der Waals surface area contributed by atoms with Crippen LogP contribution in [-0.2, 0) is 4.74 Å². The van der Waals surface area contributed by atoms with Crippen molar-refractivity contribution < 1.29 is 18.3 Å². The Kier molecular flexibility index (Phi) is 5.97. The zero-order chi connectivity index (χ0) is 15.9. The monoisotopic (exact) mass is 306 g/mol. The largest absolute Gasteiger partial charge is 0.491 e. The van der Waals surface area contributed by atoms with E-state index in [0.717, 1.165) is 24.8 Å². The molecule has 22 heavy (non-hydrogen) atoms. The highest BCUT2D eigenvalue weighted by Gasteiger charge is 2.14. The highest BCUT2D eigenvalue weighted by Crippen LogP contribution is 2.22. The van der Waals surface area contributed by atoms with E-state index >= 15 is 0 Å². The van der Waals surface area contributed by atoms with E-state index in [1.807, 2.05) is 6.08 Å². The van der Waals surface area contributed by atoms with Gasteiger partial charge in [-0.2, -0.15) is 4.39 Å². The van der Waals surface area contributed by atoms with Gasteiger partial charge in [0, 0.05) is 5.57 Å². The second-order valence-electron chi connectivity index (χ2n) is 5.11. The maximum absolute atomic E-state index is 13.9. The predicted octanol–water partition coefficient (Wildman–Crippen LogP) is 4.23. The van der Waals surface area contributed by atoms with E-state index in [4.69, 9.17) is 9.47 Å². The minimum Gasteiger partial charge on any atom is -0.491 e. The average Bonchev–Trinajstić information content (AvgIpc) is 2.53. The summed E-state index contributed by atoms with van der Waals surface area (Å²) in [6.45, 7) is 4.54. The van der Waals surface area contributed by atoms with E-state index in [-0.39, 0.29) is 24.0 Å². The van der Waals surface area contributed by atoms with E-state index in [9.17, 15) is 8.78 Å². The molecular formula is C18H20F2O2. The third-order valence-electron chi connectivity index (χ3n) is 3.42. The van der Waals surface area contributed by atoms with Crippen LogP contribution < -0.4 is 4.74 Å². The second-order valence-corrected chi connectivity index (χ2v) is 5.11. The Hall–Kier alpha value is -1.86. The molecule has 1 aromatic rings. The summed E-state index contributed by atoms with van der Waals surface area (Å²) in [6, 6.07) is 2.83. The number of rotatable bonds is 4. The van der Waals surface area contributed by atoms with Gasteiger partial charge in [0.15, 0.2) is 11.6 Å². The highest BCUT2D eigenvalue weighted by atomic mass is 19.2. The highest BCUT2D eigenvalue weighted by molar-refractivity contribution is 5.45. The fourth-order valence-electron chi connectivity index (χ4n) is 2.26. The lowest BCUT2D eigenvalue weighted by Crippen LogP contribution is -2.17. The minimum atomic E-state index is -0.995. The molecule has 0 N–H and O–H groups in total. The molecule has 1 unspecified atom stereocenters. The first-order valence-corrected chi connectivity index (χ1v) is 7.59. The SMILES string of the molecule is CCCC1CC=C(C#Cc2ccc(OCC)c(F)c2F)CO1. The van der Waals surface area contributed by atoms with Gasteiger partial charge in [-0.3, -0.25) is 0 Å². The quantitative estimate of drug-likeness (QED) is 0.775. The zero-order valence-electron chi connectivity index (χ0n) is 12.9. The van der Waals surface area contributed by atoms with E-state index in [2.05, 4.69) is 18.8 Å². The van der Waals surface area contributed by atoms with Crippen LogP contribution in [0.1, 0.15) is 38.7 Å². The van der Waals surface area contributed by atoms with Gasteiger partial charge in [-0.25, -0.2) is 4.39 Å². The fraction of sp³-hybridized carbons (Fsp3) is 0.444. The standard InChI is InChI=1S/C18H20F2O2/c1-3-5-15-10-7-13(12-22-15)6-8-14-9-11-16(21-4-2)18(20)17(14)19/h7,9,11,15H,3-5,10,12H2,1-2H3. The van der Waals surface area contributed by atoms with Crippen molar-refractivity contribution in [1.82, 2.24) is 0 Å². The number of ether oxygens (including phenoxy) is 2. The molecule has 0 amide bonds. The van der Waals surface area contributed by atoms with Crippen molar-refractivity contribution in [1.29, 1.82) is 0 Å². The molecule has 1 heterocycles. The van der Waals surface area contributed by atoms with Crippen molar-refractivity contribution in [3.8, 4) is 17.6 Å². The van der Waals surface area contributed by atoms with Gasteiger partial charge in [-0.15, -0.1) is 0 Å². The average molecular weight is 306 g/mol. The smallest absolute Gasteiger partial charge is 0.201 e. The van der Waals surface area contributed by atoms with E-state index in [1.54, 1.807) is 6.92 Å². The minimum absolute atomic E-state index is 0.0255. The molecule has 0 radical (unpaired) electrons. The molecule has 4 heteroatoms. The molecule has 1 aliphatic heterocycles. The molecule has 0 fully saturated rings. The zero-order valence-corrected chi connectivity index (χ0v) is 12.9. The van der Waals surface area contributed by atoms with Gasteiger partial charge in [-0.1, -0.05) is 31.3 Å². The Labute approximate surface area is 130 Å². The fourth-order valence-corrected chi connectivity index (χ4v) is 2.26. The summed E-state index contributed by atoms with van der Waals surface area (Å²) in [5, 5.41) is 0. The normalized spacial score (nSPS) is 17.5. The lowest BCUT2D eigenvalue weighted by atomic mass is 10.1. The molecule has 0 saturated carbocycles. The van der Waals surface area contributed by atoms with E-state index in [0.29, 0.717) is 6.61 Å². The van der Waals surface area contributed by atoms with Crippen molar-refractivity contribution in [3.05, 3.63) is 41.0 Å². The van der Waals surface area contributed by atoms with Crippen molar-refractivity contribution in [3.63, 3.8) is 0 Å². The molecule has 1 atom stereocenters. The van der Waals surface area contributed by atoms with Gasteiger partial charge < -0.3 is 9.47 Å². The van der Waals surface area contributed by atoms with Gasteiger partial charge in [0.1, 0.15) is 0 Å². The molecule has 2 nitrogen and oxygen atoms in total. The summed E-state index contributed by atoms with van der Waals surface area (Å²) in [6.07, 6.45) is 5.18. The summed E-state index contributed by atoms with van der Waals surface area (Å²) in [5.74, 6) is 3.47. The molecular weight excluding hydrogens is 286 g/mol. The molecule has 1 aliphatic rings. The van der Waals surface area contributed by atoms with E-state index < -0.39 is 11.6 Å². The van der Waals surface area contributed by atoms with Crippen LogP contribution in [-0.4, -0.2) is 19.3 Å². The van der Waals surface area contributed by atoms with Crippen molar-refractivity contribution in [2.45, 2.75) is 39.2 Å². The maximum Gasteiger partial charge on any atom is 0.201 e. The second kappa shape index (κ2) is 7.95. The third kappa shape index (κ3) is 4.08. The van der Waals surface area contributed by atoms with Gasteiger partial charge >= 0.3 is 0 Å². The first kappa shape index (κ1) is 16.5. The van der Waals surface area contributed by atoms with Crippen molar-refractivity contribution in [2.75, 3.05) is 13.2 Å². The van der Waals surface area contributed by atoms with Crippen LogP contribution >= 0.6 is 0 Å². The Morgan fingerprint density at radius 2 is 2.05 bits per heavy atom. The van der Waals surface area contributed by atoms with Crippen molar-refractivity contribution >= 4 is 0 Å². The molecule has 1 aromatic carbocycles. The van der Waals surface area contributed by atoms with E-state index in [1.165, 1.54) is 12.1 Å². The molecule has 0 spiro atoms. The molecule has 0 aromatic heterocycles. The van der Waals surface area contributed by atoms with Gasteiger partial charge in [0.25, 0.3) is 0 Å². The summed E-state index contributed by atoms with van der Waals surface area (Å²) < 4.78 is 38.3. The number of benzene rings is 1. The van der Waals surface area contributed by atoms with Crippen molar-refractivity contribution in [2.24, 2.45) is 0 Å². The lowest BCUT2D eigenvalue weighted by Gasteiger charge is -2.20. The number of hydrogen-bond acceptors (Lipinski definition) is 2. The third-order valence-corrected chi connectivity index (χ3v) is 3.42. The topological polar surface area (TPSA) is 18.5 Å². The van der Waals surface area contributed by atoms with Crippen LogP contribution in [0.4, 0.5) is 8.78 Å². The Balaban J connectivity index is 2.11. The Morgan fingerprint density at radius 3 is 2.68 bits per heavy atom. The summed E-state index contributed by atoms with van der Waals surface area (Å²) in [4.78, 5) is 0. The molecule has 0 aliphatic carbocycles. The first-order chi connectivity index (χ1) is 10.7. The Bertz CT molecular complexity index is 611. The molecule has 0 bridgehead atoms. The number of hydrogen-bond donors (Lipinski definition) is 0. The van der Waals surface area contributed by atoms with Crippen LogP contribution in [0.25, 0.3) is 0 Å². The molecule has 118 valence electrons. The van der Waals surface area contributed by atoms with Crippen LogP contribution in [0.15, 0.2) is 23.8 Å². The van der Waals surface area contributed by atoms with Crippen LogP contribution in [0, 0.1) is 23.5 Å². The van der Waals surface area contributed by atoms with Gasteiger partial charge in [-0.05, 0) is 31.9 Å². The molecule has 0 saturated heterocycles. The summed E-state index contributed by atoms with van der Waals surface area (Å²) in [7, 11) is 0. The predicted molar refractivity (Wildman–Crippen MR) is 81.8 cm³/mol. The maximum atomic E-state index is 13.9. The van der Waals surface area contributed by atoms with Crippen LogP contribution in [0.2, 0.25) is 0 Å². The summed E-state index contributed by atoms with van der Waals surface area (Å²) >= 11 is 0. The first-order valence-electron chi connectivity index (χ1n) is 7.59. The van der Waals surface area contributed by atoms with Gasteiger partial charge in [0.05, 0.1) is 24.9 Å². The summed E-state index contributed by atoms with van der Waals surface area (Å²) in [5.41, 5.74) is 0.832. The lowest BCUT2D eigenvalue weighted by molar-refractivity contribution is 0.0577. The molecule has 2 rings (SSSR count). The van der Waals surface area contributed by atoms with Gasteiger partial charge in [0.2, 0.25) is 5.82 Å².